The molecule has 39 heavy (non-hydrogen) atoms. The van der Waals surface area contributed by atoms with Crippen LogP contribution in [0.15, 0.2) is 90.3 Å². The van der Waals surface area contributed by atoms with Gasteiger partial charge >= 0.3 is 16.3 Å². The molecule has 4 aromatic rings. The maximum Gasteiger partial charge on any atom is 0.357 e. The van der Waals surface area contributed by atoms with E-state index >= 15 is 0 Å². The molecule has 2 atom stereocenters. The molecule has 0 bridgehead atoms. The number of benzene rings is 3. The van der Waals surface area contributed by atoms with E-state index in [4.69, 9.17) is 14.3 Å². The van der Waals surface area contributed by atoms with Gasteiger partial charge in [-0.2, -0.15) is 8.42 Å². The van der Waals surface area contributed by atoms with Crippen molar-refractivity contribution in [3.8, 4) is 11.3 Å². The lowest BCUT2D eigenvalue weighted by Gasteiger charge is -2.21. The third-order valence-corrected chi connectivity index (χ3v) is 7.38. The number of anilines is 1. The second-order valence-corrected chi connectivity index (χ2v) is 10.8. The molecule has 0 saturated carbocycles. The second kappa shape index (κ2) is 12.7. The minimum absolute atomic E-state index is 0.176. The number of carbonyl (C=O) groups excluding carboxylic acids is 2. The topological polar surface area (TPSA) is 135 Å². The van der Waals surface area contributed by atoms with E-state index in [0.29, 0.717) is 11.4 Å². The van der Waals surface area contributed by atoms with E-state index in [-0.39, 0.29) is 12.1 Å². The number of hydrogen-bond donors (Lipinski definition) is 3. The van der Waals surface area contributed by atoms with Crippen molar-refractivity contribution in [1.29, 1.82) is 0 Å². The smallest absolute Gasteiger partial charge is 0.357 e. The lowest BCUT2D eigenvalue weighted by atomic mass is 9.97. The maximum atomic E-state index is 13.5. The van der Waals surface area contributed by atoms with Crippen molar-refractivity contribution in [2.75, 3.05) is 11.8 Å². The van der Waals surface area contributed by atoms with Crippen LogP contribution in [0.1, 0.15) is 22.2 Å². The molecule has 0 radical (unpaired) electrons. The number of rotatable bonds is 11. The van der Waals surface area contributed by atoms with E-state index < -0.39 is 34.1 Å². The fourth-order valence-electron chi connectivity index (χ4n) is 4.03. The Hall–Kier alpha value is -4.06. The van der Waals surface area contributed by atoms with Gasteiger partial charge in [-0.25, -0.2) is 4.98 Å². The highest BCUT2D eigenvalue weighted by molar-refractivity contribution is 7.87. The molecule has 0 spiro atoms. The monoisotopic (exact) mass is 565 g/mol. The van der Waals surface area contributed by atoms with Gasteiger partial charge in [-0.3, -0.25) is 18.9 Å². The Balaban J connectivity index is 1.61. The number of esters is 1. The summed E-state index contributed by atoms with van der Waals surface area (Å²) in [6.45, 7) is 0. The molecule has 2 unspecified atom stereocenters. The van der Waals surface area contributed by atoms with E-state index in [1.165, 1.54) is 30.6 Å². The van der Waals surface area contributed by atoms with Crippen LogP contribution >= 0.6 is 11.3 Å². The lowest BCUT2D eigenvalue weighted by Crippen LogP contribution is -2.40. The summed E-state index contributed by atoms with van der Waals surface area (Å²) in [6.07, 6.45) is 0.494. The van der Waals surface area contributed by atoms with Crippen molar-refractivity contribution in [1.82, 2.24) is 10.3 Å². The molecule has 0 aliphatic rings. The Bertz CT molecular complexity index is 1510. The summed E-state index contributed by atoms with van der Waals surface area (Å²) in [5.41, 5.74) is 3.48. The molecule has 3 N–H and O–H groups in total. The zero-order chi connectivity index (χ0) is 27.8. The molecule has 11 heteroatoms. The van der Waals surface area contributed by atoms with E-state index in [1.54, 1.807) is 12.1 Å². The first-order chi connectivity index (χ1) is 18.7. The number of amides is 1. The normalized spacial score (nSPS) is 12.8. The summed E-state index contributed by atoms with van der Waals surface area (Å²) in [6, 6.07) is 24.7. The molecule has 0 aliphatic heterocycles. The standard InChI is InChI=1S/C28H27N3O6S2/c1-37-28(33)23(16-19-8-4-2-5-9-19)26(32)29-24(17-20-12-14-22(15-13-20)31-39(34,35)36)27-30-25(18-38-27)21-10-6-3-7-11-21/h2-15,18,23-24,31H,16-17H2,1H3,(H,29,32)(H,34,35,36). The highest BCUT2D eigenvalue weighted by Gasteiger charge is 2.31. The van der Waals surface area contributed by atoms with Crippen LogP contribution in [-0.4, -0.2) is 36.9 Å². The Kier molecular flexibility index (Phi) is 9.07. The molecule has 0 aliphatic carbocycles. The van der Waals surface area contributed by atoms with Crippen LogP contribution in [0, 0.1) is 5.92 Å². The molecule has 202 valence electrons. The zero-order valence-corrected chi connectivity index (χ0v) is 22.6. The predicted molar refractivity (Wildman–Crippen MR) is 149 cm³/mol. The summed E-state index contributed by atoms with van der Waals surface area (Å²) < 4.78 is 38.2. The van der Waals surface area contributed by atoms with Crippen LogP contribution < -0.4 is 10.0 Å². The fraction of sp³-hybridized carbons (Fsp3) is 0.179. The summed E-state index contributed by atoms with van der Waals surface area (Å²) in [5.74, 6) is -2.19. The van der Waals surface area contributed by atoms with Gasteiger partial charge in [0.25, 0.3) is 0 Å². The molecule has 3 aromatic carbocycles. The van der Waals surface area contributed by atoms with E-state index in [0.717, 1.165) is 22.4 Å². The van der Waals surface area contributed by atoms with Gasteiger partial charge in [0.1, 0.15) is 10.9 Å². The highest BCUT2D eigenvalue weighted by atomic mass is 32.2. The molecule has 0 saturated heterocycles. The van der Waals surface area contributed by atoms with E-state index in [9.17, 15) is 18.0 Å². The van der Waals surface area contributed by atoms with Gasteiger partial charge in [-0.15, -0.1) is 11.3 Å². The van der Waals surface area contributed by atoms with E-state index in [2.05, 4.69) is 5.32 Å². The highest BCUT2D eigenvalue weighted by Crippen LogP contribution is 2.28. The molecule has 1 heterocycles. The van der Waals surface area contributed by atoms with Crippen molar-refractivity contribution in [2.45, 2.75) is 18.9 Å². The van der Waals surface area contributed by atoms with Crippen molar-refractivity contribution in [3.63, 3.8) is 0 Å². The summed E-state index contributed by atoms with van der Waals surface area (Å²) in [4.78, 5) is 30.8. The first-order valence-corrected chi connectivity index (χ1v) is 14.3. The number of nitrogens with one attached hydrogen (secondary N) is 2. The first-order valence-electron chi connectivity index (χ1n) is 12.0. The Morgan fingerprint density at radius 1 is 0.923 bits per heavy atom. The van der Waals surface area contributed by atoms with Crippen LogP contribution in [0.5, 0.6) is 0 Å². The Morgan fingerprint density at radius 3 is 2.15 bits per heavy atom. The van der Waals surface area contributed by atoms with Crippen molar-refractivity contribution in [2.24, 2.45) is 5.92 Å². The van der Waals surface area contributed by atoms with Crippen molar-refractivity contribution < 1.29 is 27.3 Å². The SMILES string of the molecule is COC(=O)C(Cc1ccccc1)C(=O)NC(Cc1ccc(NS(=O)(=O)O)cc1)c1nc(-c2ccccc2)cs1. The number of aromatic nitrogens is 1. The number of ether oxygens (including phenoxy) is 1. The number of thiazole rings is 1. The van der Waals surface area contributed by atoms with Crippen LogP contribution in [0.2, 0.25) is 0 Å². The molecule has 1 amide bonds. The molecule has 4 rings (SSSR count). The molecular weight excluding hydrogens is 538 g/mol. The zero-order valence-electron chi connectivity index (χ0n) is 21.0. The van der Waals surface area contributed by atoms with E-state index in [1.807, 2.05) is 70.8 Å². The second-order valence-electron chi connectivity index (χ2n) is 8.74. The summed E-state index contributed by atoms with van der Waals surface area (Å²) >= 11 is 1.39. The molecule has 0 fully saturated rings. The van der Waals surface area contributed by atoms with Crippen LogP contribution in [0.3, 0.4) is 0 Å². The van der Waals surface area contributed by atoms with Gasteiger partial charge in [0.2, 0.25) is 5.91 Å². The molecular formula is C28H27N3O6S2. The predicted octanol–water partition coefficient (Wildman–Crippen LogP) is 4.46. The van der Waals surface area contributed by atoms with Gasteiger partial charge in [-0.05, 0) is 36.1 Å². The first kappa shape index (κ1) is 28.0. The van der Waals surface area contributed by atoms with Gasteiger partial charge in [-0.1, -0.05) is 72.8 Å². The Morgan fingerprint density at radius 2 is 1.54 bits per heavy atom. The summed E-state index contributed by atoms with van der Waals surface area (Å²) in [7, 11) is -3.15. The molecule has 1 aromatic heterocycles. The van der Waals surface area contributed by atoms with Crippen LogP contribution in [0.25, 0.3) is 11.3 Å². The van der Waals surface area contributed by atoms with Gasteiger partial charge in [0.05, 0.1) is 24.5 Å². The lowest BCUT2D eigenvalue weighted by molar-refractivity contribution is -0.150. The van der Waals surface area contributed by atoms with Gasteiger partial charge in [0.15, 0.2) is 0 Å². The third kappa shape index (κ3) is 7.96. The number of nitrogens with zero attached hydrogens (tertiary/aromatic N) is 1. The van der Waals surface area contributed by atoms with Crippen LogP contribution in [0.4, 0.5) is 5.69 Å². The van der Waals surface area contributed by atoms with Crippen molar-refractivity contribution >= 4 is 39.2 Å². The number of carbonyl (C=O) groups is 2. The number of hydrogen-bond acceptors (Lipinski definition) is 7. The average molecular weight is 566 g/mol. The fourth-order valence-corrected chi connectivity index (χ4v) is 5.34. The minimum Gasteiger partial charge on any atom is -0.468 e. The maximum absolute atomic E-state index is 13.5. The minimum atomic E-state index is -4.40. The largest absolute Gasteiger partial charge is 0.468 e. The average Bonchev–Trinajstić information content (AvgIpc) is 3.43. The molecule has 9 nitrogen and oxygen atoms in total. The quantitative estimate of drug-likeness (QED) is 0.139. The Labute approximate surface area is 230 Å². The van der Waals surface area contributed by atoms with Crippen LogP contribution in [-0.2, 0) is 37.5 Å². The van der Waals surface area contributed by atoms with Crippen molar-refractivity contribution in [3.05, 3.63) is 106 Å². The van der Waals surface area contributed by atoms with Gasteiger partial charge < -0.3 is 10.1 Å². The third-order valence-electron chi connectivity index (χ3n) is 5.93. The van der Waals surface area contributed by atoms with Gasteiger partial charge in [0, 0.05) is 10.9 Å². The number of methoxy groups -OCH3 is 1. The summed E-state index contributed by atoms with van der Waals surface area (Å²) in [5, 5.41) is 5.54.